The van der Waals surface area contributed by atoms with E-state index in [4.69, 9.17) is 23.7 Å². The highest BCUT2D eigenvalue weighted by Crippen LogP contribution is 2.78. The fraction of sp³-hybridized carbons (Fsp3) is 0.857. The maximum absolute atomic E-state index is 13.0. The lowest BCUT2D eigenvalue weighted by Crippen LogP contribution is -2.76. The number of methoxy groups -OCH3 is 1. The van der Waals surface area contributed by atoms with Crippen LogP contribution in [0.1, 0.15) is 74.1 Å². The van der Waals surface area contributed by atoms with Crippen LogP contribution in [0.25, 0.3) is 0 Å². The van der Waals surface area contributed by atoms with Crippen LogP contribution in [0.4, 0.5) is 0 Å². The van der Waals surface area contributed by atoms with Crippen molar-refractivity contribution in [3.05, 3.63) is 0 Å². The number of epoxide rings is 1. The zero-order valence-electron chi connectivity index (χ0n) is 23.5. The van der Waals surface area contributed by atoms with E-state index in [1.165, 1.54) is 21.0 Å². The SMILES string of the molecule is COC(=O)[C@H]1OC(=O)[C@@H]2O[C@@]23[C@]2(C)[C@@H](O)C[C@@H]4C(C)(C)[C@H](OC(C)=O)C[C@@H](OC(C)=O)[C@]4(C)[C@@H]2CC[C@]13C. The molecule has 10 nitrogen and oxygen atoms in total. The molecule has 0 unspecified atom stereocenters. The van der Waals surface area contributed by atoms with E-state index in [0.29, 0.717) is 25.7 Å². The second-order valence-corrected chi connectivity index (χ2v) is 13.3. The molecule has 2 aliphatic heterocycles. The summed E-state index contributed by atoms with van der Waals surface area (Å²) in [4.78, 5) is 50.3. The van der Waals surface area contributed by atoms with Gasteiger partial charge in [-0.15, -0.1) is 0 Å². The molecular formula is C28H40O10. The van der Waals surface area contributed by atoms with Crippen molar-refractivity contribution in [2.45, 2.75) is 110 Å². The highest BCUT2D eigenvalue weighted by molar-refractivity contribution is 5.88. The summed E-state index contributed by atoms with van der Waals surface area (Å²) in [7, 11) is 1.26. The largest absolute Gasteiger partial charge is 0.466 e. The number of carbonyl (C=O) groups excluding carboxylic acids is 4. The lowest BCUT2D eigenvalue weighted by atomic mass is 9.34. The van der Waals surface area contributed by atoms with Crippen molar-refractivity contribution in [3.8, 4) is 0 Å². The van der Waals surface area contributed by atoms with E-state index in [9.17, 15) is 24.3 Å². The van der Waals surface area contributed by atoms with Gasteiger partial charge in [-0.05, 0) is 31.1 Å². The molecule has 5 fully saturated rings. The highest BCUT2D eigenvalue weighted by atomic mass is 16.7. The van der Waals surface area contributed by atoms with Gasteiger partial charge in [-0.3, -0.25) is 9.59 Å². The predicted octanol–water partition coefficient (Wildman–Crippen LogP) is 2.33. The number of aliphatic hydroxyl groups is 1. The molecular weight excluding hydrogens is 496 g/mol. The Bertz CT molecular complexity index is 1090. The smallest absolute Gasteiger partial charge is 0.347 e. The topological polar surface area (TPSA) is 138 Å². The zero-order chi connectivity index (χ0) is 28.2. The van der Waals surface area contributed by atoms with Crippen LogP contribution in [0.3, 0.4) is 0 Å². The van der Waals surface area contributed by atoms with Gasteiger partial charge in [-0.1, -0.05) is 34.6 Å². The summed E-state index contributed by atoms with van der Waals surface area (Å²) >= 11 is 0. The predicted molar refractivity (Wildman–Crippen MR) is 130 cm³/mol. The summed E-state index contributed by atoms with van der Waals surface area (Å²) in [5.74, 6) is -2.55. The molecule has 3 saturated carbocycles. The third-order valence-corrected chi connectivity index (χ3v) is 11.5. The fourth-order valence-corrected chi connectivity index (χ4v) is 9.77. The Morgan fingerprint density at radius 3 is 2.13 bits per heavy atom. The zero-order valence-corrected chi connectivity index (χ0v) is 23.5. The molecule has 0 aromatic rings. The van der Waals surface area contributed by atoms with E-state index in [0.717, 1.165) is 0 Å². The van der Waals surface area contributed by atoms with Crippen molar-refractivity contribution in [1.29, 1.82) is 0 Å². The Morgan fingerprint density at radius 2 is 1.55 bits per heavy atom. The number of ether oxygens (including phenoxy) is 5. The maximum Gasteiger partial charge on any atom is 0.347 e. The van der Waals surface area contributed by atoms with E-state index < -0.39 is 81.7 Å². The van der Waals surface area contributed by atoms with Crippen LogP contribution >= 0.6 is 0 Å². The average molecular weight is 537 g/mol. The first-order chi connectivity index (χ1) is 17.5. The summed E-state index contributed by atoms with van der Waals surface area (Å²) in [6.07, 6.45) is -2.39. The molecule has 38 heavy (non-hydrogen) atoms. The fourth-order valence-electron chi connectivity index (χ4n) is 9.77. The van der Waals surface area contributed by atoms with Crippen LogP contribution < -0.4 is 0 Å². The summed E-state index contributed by atoms with van der Waals surface area (Å²) in [6.45, 7) is 12.7. The Balaban J connectivity index is 1.66. The quantitative estimate of drug-likeness (QED) is 0.325. The monoisotopic (exact) mass is 536 g/mol. The second-order valence-electron chi connectivity index (χ2n) is 13.3. The van der Waals surface area contributed by atoms with E-state index >= 15 is 0 Å². The third-order valence-electron chi connectivity index (χ3n) is 11.5. The normalized spacial score (nSPS) is 50.1. The number of carbonyl (C=O) groups is 4. The van der Waals surface area contributed by atoms with Crippen molar-refractivity contribution in [1.82, 2.24) is 0 Å². The third kappa shape index (κ3) is 3.07. The van der Waals surface area contributed by atoms with Gasteiger partial charge in [-0.25, -0.2) is 9.59 Å². The van der Waals surface area contributed by atoms with Crippen molar-refractivity contribution < 1.29 is 48.0 Å². The molecule has 11 atom stereocenters. The van der Waals surface area contributed by atoms with Gasteiger partial charge in [0.2, 0.25) is 6.10 Å². The summed E-state index contributed by atoms with van der Waals surface area (Å²) in [6, 6.07) is 0. The van der Waals surface area contributed by atoms with Crippen LogP contribution in [0.15, 0.2) is 0 Å². The average Bonchev–Trinajstić information content (AvgIpc) is 3.59. The Morgan fingerprint density at radius 1 is 0.947 bits per heavy atom. The Hall–Kier alpha value is -2.20. The Labute approximate surface area is 223 Å². The molecule has 3 aliphatic carbocycles. The lowest BCUT2D eigenvalue weighted by Gasteiger charge is -2.71. The molecule has 2 saturated heterocycles. The van der Waals surface area contributed by atoms with Gasteiger partial charge >= 0.3 is 23.9 Å². The standard InChI is InChI=1S/C28H40O10/c1-13(29)35-18-12-19(36-14(2)30)26(6)15-9-10-25(5)20(22(32)34-8)37-23(33)21-28(25,38-21)27(15,7)17(31)11-16(26)24(18,3)4/h15-21,31H,9-12H2,1-8H3/t15-,16+,17-,18+,19+,20+,21-,25+,26+,27-,28-/m0/s1. The van der Waals surface area contributed by atoms with E-state index in [1.807, 2.05) is 27.7 Å². The molecule has 0 radical (unpaired) electrons. The minimum absolute atomic E-state index is 0.185. The van der Waals surface area contributed by atoms with Crippen molar-refractivity contribution in [3.63, 3.8) is 0 Å². The number of fused-ring (bicyclic) bond motifs is 3. The van der Waals surface area contributed by atoms with Gasteiger partial charge < -0.3 is 28.8 Å². The van der Waals surface area contributed by atoms with Crippen LogP contribution in [0, 0.1) is 33.5 Å². The molecule has 1 spiro atoms. The first-order valence-electron chi connectivity index (χ1n) is 13.5. The number of cyclic esters (lactones) is 1. The molecule has 5 aliphatic rings. The number of hydrogen-bond donors (Lipinski definition) is 1. The van der Waals surface area contributed by atoms with Gasteiger partial charge in [0, 0.05) is 41.9 Å². The number of hydrogen-bond acceptors (Lipinski definition) is 10. The minimum Gasteiger partial charge on any atom is -0.466 e. The van der Waals surface area contributed by atoms with Crippen LogP contribution in [-0.4, -0.2) is 72.2 Å². The molecule has 10 heteroatoms. The van der Waals surface area contributed by atoms with E-state index in [-0.39, 0.29) is 11.8 Å². The van der Waals surface area contributed by atoms with E-state index in [2.05, 4.69) is 6.92 Å². The molecule has 212 valence electrons. The molecule has 0 aromatic heterocycles. The van der Waals surface area contributed by atoms with Gasteiger partial charge in [0.25, 0.3) is 0 Å². The molecule has 1 N–H and O–H groups in total. The summed E-state index contributed by atoms with van der Waals surface area (Å²) in [5, 5.41) is 12.0. The first kappa shape index (κ1) is 27.4. The van der Waals surface area contributed by atoms with Gasteiger partial charge in [-0.2, -0.15) is 0 Å². The van der Waals surface area contributed by atoms with Crippen LogP contribution in [0.2, 0.25) is 0 Å². The molecule has 5 rings (SSSR count). The molecule has 0 aromatic carbocycles. The first-order valence-corrected chi connectivity index (χ1v) is 13.5. The number of esters is 4. The van der Waals surface area contributed by atoms with Crippen molar-refractivity contribution >= 4 is 23.9 Å². The molecule has 0 bridgehead atoms. The Kier molecular flexibility index (Phi) is 5.88. The molecule has 2 heterocycles. The van der Waals surface area contributed by atoms with E-state index in [1.54, 1.807) is 0 Å². The summed E-state index contributed by atoms with van der Waals surface area (Å²) < 4.78 is 28.6. The van der Waals surface area contributed by atoms with Crippen LogP contribution in [0.5, 0.6) is 0 Å². The van der Waals surface area contributed by atoms with Crippen molar-refractivity contribution in [2.75, 3.05) is 7.11 Å². The minimum atomic E-state index is -1.16. The number of aliphatic hydroxyl groups excluding tert-OH is 1. The van der Waals surface area contributed by atoms with Gasteiger partial charge in [0.05, 0.1) is 13.2 Å². The second kappa shape index (κ2) is 8.16. The van der Waals surface area contributed by atoms with Crippen LogP contribution in [-0.2, 0) is 42.9 Å². The summed E-state index contributed by atoms with van der Waals surface area (Å²) in [5.41, 5.74) is -4.22. The molecule has 0 amide bonds. The van der Waals surface area contributed by atoms with Gasteiger partial charge in [0.1, 0.15) is 17.8 Å². The van der Waals surface area contributed by atoms with Crippen molar-refractivity contribution in [2.24, 2.45) is 33.5 Å². The van der Waals surface area contributed by atoms with Gasteiger partial charge in [0.15, 0.2) is 6.10 Å². The highest BCUT2D eigenvalue weighted by Gasteiger charge is 2.89. The number of rotatable bonds is 3. The maximum atomic E-state index is 13.0. The lowest BCUT2D eigenvalue weighted by molar-refractivity contribution is -0.295.